The van der Waals surface area contributed by atoms with Gasteiger partial charge in [-0.1, -0.05) is 27.7 Å². The van der Waals surface area contributed by atoms with Crippen LogP contribution in [0, 0.1) is 11.8 Å². The van der Waals surface area contributed by atoms with E-state index in [2.05, 4.69) is 59.1 Å². The molecule has 0 aromatic carbocycles. The van der Waals surface area contributed by atoms with Crippen molar-refractivity contribution in [3.05, 3.63) is 0 Å². The van der Waals surface area contributed by atoms with Crippen molar-refractivity contribution in [3.8, 4) is 0 Å². The zero-order chi connectivity index (χ0) is 16.3. The number of rotatable bonds is 7. The number of amides is 1. The molecule has 1 fully saturated rings. The second kappa shape index (κ2) is 7.10. The predicted molar refractivity (Wildman–Crippen MR) is 89.4 cm³/mol. The van der Waals surface area contributed by atoms with E-state index in [1.165, 1.54) is 0 Å². The fourth-order valence-electron chi connectivity index (χ4n) is 3.48. The molecule has 0 aromatic rings. The maximum absolute atomic E-state index is 12.8. The summed E-state index contributed by atoms with van der Waals surface area (Å²) in [5, 5.41) is 7.01. The van der Waals surface area contributed by atoms with Crippen molar-refractivity contribution in [2.75, 3.05) is 26.2 Å². The fraction of sp³-hybridized carbons (Fsp3) is 0.941. The Kier molecular flexibility index (Phi) is 6.23. The monoisotopic (exact) mass is 297 g/mol. The molecule has 1 heterocycles. The smallest absolute Gasteiger partial charge is 0.242 e. The summed E-state index contributed by atoms with van der Waals surface area (Å²) in [5.41, 5.74) is -0.469. The number of piperazine rings is 1. The van der Waals surface area contributed by atoms with Gasteiger partial charge in [-0.3, -0.25) is 10.1 Å². The lowest BCUT2D eigenvalue weighted by Gasteiger charge is -2.49. The number of nitrogens with zero attached hydrogens (tertiary/aromatic N) is 1. The van der Waals surface area contributed by atoms with Crippen LogP contribution in [0.5, 0.6) is 0 Å². The molecule has 4 heteroatoms. The van der Waals surface area contributed by atoms with Gasteiger partial charge in [-0.15, -0.1) is 0 Å². The number of nitrogens with one attached hydrogen (secondary N) is 2. The minimum atomic E-state index is -0.437. The third-order valence-corrected chi connectivity index (χ3v) is 3.89. The van der Waals surface area contributed by atoms with Crippen LogP contribution < -0.4 is 10.6 Å². The maximum atomic E-state index is 12.8. The summed E-state index contributed by atoms with van der Waals surface area (Å²) in [7, 11) is 0. The second-order valence-electron chi connectivity index (χ2n) is 8.26. The molecule has 0 saturated carbocycles. The van der Waals surface area contributed by atoms with Gasteiger partial charge >= 0.3 is 0 Å². The molecule has 1 atom stereocenters. The highest BCUT2D eigenvalue weighted by atomic mass is 16.2. The molecule has 1 unspecified atom stereocenters. The number of carbonyl (C=O) groups excluding carboxylic acids is 1. The zero-order valence-electron chi connectivity index (χ0n) is 15.0. The molecule has 0 aromatic heterocycles. The topological polar surface area (TPSA) is 44.4 Å². The fourth-order valence-corrected chi connectivity index (χ4v) is 3.48. The van der Waals surface area contributed by atoms with E-state index in [0.29, 0.717) is 11.8 Å². The Balaban J connectivity index is 2.68. The molecular weight excluding hydrogens is 262 g/mol. The van der Waals surface area contributed by atoms with Crippen molar-refractivity contribution in [3.63, 3.8) is 0 Å². The summed E-state index contributed by atoms with van der Waals surface area (Å²) < 4.78 is 0. The predicted octanol–water partition coefficient (Wildman–Crippen LogP) is 2.25. The normalized spacial score (nSPS) is 26.0. The molecule has 0 aliphatic carbocycles. The van der Waals surface area contributed by atoms with Crippen LogP contribution in [-0.4, -0.2) is 48.1 Å². The quantitative estimate of drug-likeness (QED) is 0.708. The van der Waals surface area contributed by atoms with Gasteiger partial charge < -0.3 is 10.2 Å². The summed E-state index contributed by atoms with van der Waals surface area (Å²) in [6.45, 7) is 18.6. The molecule has 0 radical (unpaired) electrons. The Morgan fingerprint density at radius 1 is 1.19 bits per heavy atom. The first-order valence-corrected chi connectivity index (χ1v) is 8.35. The van der Waals surface area contributed by atoms with Crippen molar-refractivity contribution in [2.45, 2.75) is 66.0 Å². The molecule has 1 aliphatic heterocycles. The molecule has 0 spiro atoms. The molecule has 124 valence electrons. The molecule has 1 saturated heterocycles. The summed E-state index contributed by atoms with van der Waals surface area (Å²) in [6.07, 6.45) is 0.880. The van der Waals surface area contributed by atoms with Crippen molar-refractivity contribution in [2.24, 2.45) is 11.8 Å². The summed E-state index contributed by atoms with van der Waals surface area (Å²) >= 11 is 0. The lowest BCUT2D eigenvalue weighted by atomic mass is 9.83. The van der Waals surface area contributed by atoms with Gasteiger partial charge in [0.25, 0.3) is 0 Å². The van der Waals surface area contributed by atoms with Gasteiger partial charge in [0.2, 0.25) is 5.91 Å². The molecule has 2 N–H and O–H groups in total. The number of hydrogen-bond acceptors (Lipinski definition) is 3. The van der Waals surface area contributed by atoms with E-state index in [1.54, 1.807) is 0 Å². The van der Waals surface area contributed by atoms with Gasteiger partial charge in [-0.05, 0) is 45.6 Å². The van der Waals surface area contributed by atoms with Crippen LogP contribution in [0.15, 0.2) is 0 Å². The lowest BCUT2D eigenvalue weighted by molar-refractivity contribution is -0.145. The van der Waals surface area contributed by atoms with Gasteiger partial charge in [0.15, 0.2) is 0 Å². The molecule has 0 bridgehead atoms. The molecule has 1 amide bonds. The van der Waals surface area contributed by atoms with Crippen molar-refractivity contribution < 1.29 is 4.79 Å². The number of carbonyl (C=O) groups is 1. The average Bonchev–Trinajstić information content (AvgIpc) is 2.28. The van der Waals surface area contributed by atoms with Gasteiger partial charge in [0, 0.05) is 25.2 Å². The summed E-state index contributed by atoms with van der Waals surface area (Å²) in [5.74, 6) is 1.40. The van der Waals surface area contributed by atoms with Crippen LogP contribution in [0.3, 0.4) is 0 Å². The third-order valence-electron chi connectivity index (χ3n) is 3.89. The van der Waals surface area contributed by atoms with E-state index >= 15 is 0 Å². The minimum Gasteiger partial charge on any atom is -0.338 e. The SMILES string of the molecule is CC(C)CNCCN1CC(C)(C)NC(C)(CC(C)C)C1=O. The van der Waals surface area contributed by atoms with Crippen LogP contribution in [0.2, 0.25) is 0 Å². The minimum absolute atomic E-state index is 0.0321. The van der Waals surface area contributed by atoms with Gasteiger partial charge in [-0.25, -0.2) is 0 Å². The molecule has 1 aliphatic rings. The average molecular weight is 297 g/mol. The van der Waals surface area contributed by atoms with E-state index < -0.39 is 5.54 Å². The van der Waals surface area contributed by atoms with Crippen molar-refractivity contribution in [1.82, 2.24) is 15.5 Å². The highest BCUT2D eigenvalue weighted by Gasteiger charge is 2.46. The van der Waals surface area contributed by atoms with Crippen molar-refractivity contribution >= 4 is 5.91 Å². The van der Waals surface area contributed by atoms with E-state index in [1.807, 2.05) is 4.90 Å². The zero-order valence-corrected chi connectivity index (χ0v) is 15.0. The van der Waals surface area contributed by atoms with E-state index in [4.69, 9.17) is 0 Å². The van der Waals surface area contributed by atoms with Crippen LogP contribution in [0.1, 0.15) is 54.9 Å². The maximum Gasteiger partial charge on any atom is 0.242 e. The lowest BCUT2D eigenvalue weighted by Crippen LogP contribution is -2.71. The molecular formula is C17H35N3O. The second-order valence-corrected chi connectivity index (χ2v) is 8.26. The first-order chi connectivity index (χ1) is 9.56. The third kappa shape index (κ3) is 5.59. The largest absolute Gasteiger partial charge is 0.338 e. The van der Waals surface area contributed by atoms with Crippen molar-refractivity contribution in [1.29, 1.82) is 0 Å². The molecule has 4 nitrogen and oxygen atoms in total. The molecule has 21 heavy (non-hydrogen) atoms. The van der Waals surface area contributed by atoms with E-state index in [-0.39, 0.29) is 11.4 Å². The van der Waals surface area contributed by atoms with Gasteiger partial charge in [0.05, 0.1) is 5.54 Å². The highest BCUT2D eigenvalue weighted by Crippen LogP contribution is 2.27. The first kappa shape index (κ1) is 18.4. The van der Waals surface area contributed by atoms with Gasteiger partial charge in [0.1, 0.15) is 0 Å². The Bertz CT molecular complexity index is 352. The Morgan fingerprint density at radius 3 is 2.33 bits per heavy atom. The van der Waals surface area contributed by atoms with E-state index in [9.17, 15) is 4.79 Å². The Hall–Kier alpha value is -0.610. The number of hydrogen-bond donors (Lipinski definition) is 2. The molecule has 1 rings (SSSR count). The van der Waals surface area contributed by atoms with E-state index in [0.717, 1.165) is 32.6 Å². The van der Waals surface area contributed by atoms with Gasteiger partial charge in [-0.2, -0.15) is 0 Å². The highest BCUT2D eigenvalue weighted by molar-refractivity contribution is 5.87. The Morgan fingerprint density at radius 2 is 1.81 bits per heavy atom. The first-order valence-electron chi connectivity index (χ1n) is 8.35. The Labute approximate surface area is 131 Å². The van der Waals surface area contributed by atoms with Crippen LogP contribution >= 0.6 is 0 Å². The summed E-state index contributed by atoms with van der Waals surface area (Å²) in [6, 6.07) is 0. The van der Waals surface area contributed by atoms with Crippen LogP contribution in [0.25, 0.3) is 0 Å². The van der Waals surface area contributed by atoms with Crippen LogP contribution in [0.4, 0.5) is 0 Å². The summed E-state index contributed by atoms with van der Waals surface area (Å²) in [4.78, 5) is 14.9. The van der Waals surface area contributed by atoms with Crippen LogP contribution in [-0.2, 0) is 4.79 Å². The standard InChI is InChI=1S/C17H35N3O/c1-13(2)10-17(7)15(21)20(12-16(5,6)19-17)9-8-18-11-14(3)4/h13-14,18-19H,8-12H2,1-7H3.